The smallest absolute Gasteiger partial charge is 0.331 e. The highest BCUT2D eigenvalue weighted by atomic mass is 35.5. The van der Waals surface area contributed by atoms with Gasteiger partial charge in [0.05, 0.1) is 5.02 Å². The molecule has 2 rings (SSSR count). The van der Waals surface area contributed by atoms with Gasteiger partial charge in [0.15, 0.2) is 6.10 Å². The molecule has 0 saturated carbocycles. The van der Waals surface area contributed by atoms with Crippen LogP contribution in [-0.2, 0) is 14.3 Å². The Bertz CT molecular complexity index is 800. The molecular weight excluding hydrogens is 345 g/mol. The Morgan fingerprint density at radius 3 is 2.64 bits per heavy atom. The van der Waals surface area contributed by atoms with Crippen LogP contribution in [0.3, 0.4) is 0 Å². The Balaban J connectivity index is 1.95. The number of nitrogens with one attached hydrogen (secondary N) is 1. The first-order valence-corrected chi connectivity index (χ1v) is 7.95. The normalized spacial score (nSPS) is 12.0. The second-order valence-electron chi connectivity index (χ2n) is 5.41. The van der Waals surface area contributed by atoms with E-state index >= 15 is 0 Å². The second kappa shape index (κ2) is 8.44. The number of halogens is 2. The first-order valence-electron chi connectivity index (χ1n) is 7.57. The molecule has 0 aliphatic carbocycles. The van der Waals surface area contributed by atoms with Crippen molar-refractivity contribution in [1.29, 1.82) is 0 Å². The first-order chi connectivity index (χ1) is 11.9. The number of carbonyl (C=O) groups excluding carboxylic acids is 2. The molecule has 1 amide bonds. The van der Waals surface area contributed by atoms with Gasteiger partial charge in [-0.05, 0) is 49.8 Å². The Morgan fingerprint density at radius 1 is 1.24 bits per heavy atom. The van der Waals surface area contributed by atoms with Gasteiger partial charge in [-0.2, -0.15) is 0 Å². The third-order valence-corrected chi connectivity index (χ3v) is 3.66. The van der Waals surface area contributed by atoms with Crippen LogP contribution in [0.5, 0.6) is 0 Å². The average molecular weight is 362 g/mol. The number of ether oxygens (including phenoxy) is 1. The van der Waals surface area contributed by atoms with Gasteiger partial charge in [0.1, 0.15) is 5.82 Å². The average Bonchev–Trinajstić information content (AvgIpc) is 2.54. The van der Waals surface area contributed by atoms with E-state index in [-0.39, 0.29) is 10.6 Å². The Hall–Kier alpha value is -2.66. The zero-order valence-corrected chi connectivity index (χ0v) is 14.5. The van der Waals surface area contributed by atoms with E-state index in [1.165, 1.54) is 31.2 Å². The third kappa shape index (κ3) is 5.43. The fourth-order valence-electron chi connectivity index (χ4n) is 2.06. The molecule has 0 bridgehead atoms. The van der Waals surface area contributed by atoms with Gasteiger partial charge in [0, 0.05) is 17.3 Å². The maximum absolute atomic E-state index is 13.6. The Morgan fingerprint density at radius 2 is 1.96 bits per heavy atom. The molecule has 0 aliphatic rings. The Labute approximate surface area is 150 Å². The van der Waals surface area contributed by atoms with Crippen molar-refractivity contribution in [3.63, 3.8) is 0 Å². The largest absolute Gasteiger partial charge is 0.449 e. The standard InChI is InChI=1S/C19H17ClFNO3/c1-12-5-3-6-14(11-12)22-19(24)13(2)25-18(23)10-9-15-16(20)7-4-8-17(15)21/h3-11,13H,1-2H3,(H,22,24). The van der Waals surface area contributed by atoms with Crippen LogP contribution in [0.2, 0.25) is 5.02 Å². The highest BCUT2D eigenvalue weighted by Crippen LogP contribution is 2.20. The molecule has 0 heterocycles. The van der Waals surface area contributed by atoms with Crippen LogP contribution in [0.25, 0.3) is 6.08 Å². The summed E-state index contributed by atoms with van der Waals surface area (Å²) >= 11 is 5.86. The molecule has 2 aromatic rings. The molecule has 1 atom stereocenters. The van der Waals surface area contributed by atoms with E-state index in [2.05, 4.69) is 5.32 Å². The molecule has 0 spiro atoms. The summed E-state index contributed by atoms with van der Waals surface area (Å²) in [4.78, 5) is 23.9. The summed E-state index contributed by atoms with van der Waals surface area (Å²) in [5.41, 5.74) is 1.69. The minimum atomic E-state index is -1.01. The summed E-state index contributed by atoms with van der Waals surface area (Å²) in [6, 6.07) is 11.4. The van der Waals surface area contributed by atoms with E-state index in [4.69, 9.17) is 16.3 Å². The van der Waals surface area contributed by atoms with Crippen molar-refractivity contribution in [2.45, 2.75) is 20.0 Å². The predicted molar refractivity (Wildman–Crippen MR) is 95.8 cm³/mol. The van der Waals surface area contributed by atoms with Gasteiger partial charge in [-0.25, -0.2) is 9.18 Å². The van der Waals surface area contributed by atoms with E-state index in [0.717, 1.165) is 11.6 Å². The first kappa shape index (κ1) is 18.7. The molecule has 0 aliphatic heterocycles. The van der Waals surface area contributed by atoms with Crippen LogP contribution in [0.15, 0.2) is 48.5 Å². The van der Waals surface area contributed by atoms with Crippen LogP contribution in [-0.4, -0.2) is 18.0 Å². The van der Waals surface area contributed by atoms with E-state index < -0.39 is 23.8 Å². The molecule has 6 heteroatoms. The SMILES string of the molecule is Cc1cccc(NC(=O)C(C)OC(=O)C=Cc2c(F)cccc2Cl)c1. The van der Waals surface area contributed by atoms with E-state index in [0.29, 0.717) is 5.69 Å². The number of hydrogen-bond acceptors (Lipinski definition) is 3. The molecular formula is C19H17ClFNO3. The quantitative estimate of drug-likeness (QED) is 0.635. The molecule has 0 aromatic heterocycles. The number of amides is 1. The van der Waals surface area contributed by atoms with Gasteiger partial charge in [-0.3, -0.25) is 4.79 Å². The van der Waals surface area contributed by atoms with Crippen molar-refractivity contribution in [2.75, 3.05) is 5.32 Å². The zero-order valence-electron chi connectivity index (χ0n) is 13.8. The molecule has 0 fully saturated rings. The van der Waals surface area contributed by atoms with Crippen molar-refractivity contribution < 1.29 is 18.7 Å². The molecule has 0 saturated heterocycles. The van der Waals surface area contributed by atoms with Crippen LogP contribution in [0, 0.1) is 12.7 Å². The second-order valence-corrected chi connectivity index (χ2v) is 5.81. The molecule has 2 aromatic carbocycles. The number of esters is 1. The van der Waals surface area contributed by atoms with Crippen molar-refractivity contribution in [1.82, 2.24) is 0 Å². The van der Waals surface area contributed by atoms with Crippen LogP contribution in [0.4, 0.5) is 10.1 Å². The monoisotopic (exact) mass is 361 g/mol. The number of carbonyl (C=O) groups is 2. The summed E-state index contributed by atoms with van der Waals surface area (Å²) in [6.45, 7) is 3.35. The molecule has 1 unspecified atom stereocenters. The van der Waals surface area contributed by atoms with Gasteiger partial charge < -0.3 is 10.1 Å². The van der Waals surface area contributed by atoms with Crippen molar-refractivity contribution >= 4 is 35.2 Å². The lowest BCUT2D eigenvalue weighted by Gasteiger charge is -2.12. The molecule has 0 radical (unpaired) electrons. The van der Waals surface area contributed by atoms with Crippen molar-refractivity contribution in [3.8, 4) is 0 Å². The lowest BCUT2D eigenvalue weighted by atomic mass is 10.2. The van der Waals surface area contributed by atoms with E-state index in [1.54, 1.807) is 12.1 Å². The lowest BCUT2D eigenvalue weighted by Crippen LogP contribution is -2.29. The number of benzene rings is 2. The lowest BCUT2D eigenvalue weighted by molar-refractivity contribution is -0.148. The van der Waals surface area contributed by atoms with Gasteiger partial charge in [-0.1, -0.05) is 29.8 Å². The topological polar surface area (TPSA) is 55.4 Å². The van der Waals surface area contributed by atoms with Crippen molar-refractivity contribution in [2.24, 2.45) is 0 Å². The van der Waals surface area contributed by atoms with Crippen LogP contribution >= 0.6 is 11.6 Å². The van der Waals surface area contributed by atoms with Crippen molar-refractivity contribution in [3.05, 3.63) is 70.5 Å². The van der Waals surface area contributed by atoms with Gasteiger partial charge >= 0.3 is 5.97 Å². The minimum absolute atomic E-state index is 0.0815. The third-order valence-electron chi connectivity index (χ3n) is 3.33. The molecule has 25 heavy (non-hydrogen) atoms. The number of anilines is 1. The zero-order chi connectivity index (χ0) is 18.4. The van der Waals surface area contributed by atoms with Gasteiger partial charge in [-0.15, -0.1) is 0 Å². The summed E-state index contributed by atoms with van der Waals surface area (Å²) in [6.07, 6.45) is 1.24. The fourth-order valence-corrected chi connectivity index (χ4v) is 2.28. The highest BCUT2D eigenvalue weighted by Gasteiger charge is 2.17. The van der Waals surface area contributed by atoms with Crippen LogP contribution < -0.4 is 5.32 Å². The van der Waals surface area contributed by atoms with Gasteiger partial charge in [0.25, 0.3) is 5.91 Å². The summed E-state index contributed by atoms with van der Waals surface area (Å²) in [5.74, 6) is -1.79. The minimum Gasteiger partial charge on any atom is -0.449 e. The fraction of sp³-hybridized carbons (Fsp3) is 0.158. The molecule has 4 nitrogen and oxygen atoms in total. The summed E-state index contributed by atoms with van der Waals surface area (Å²) < 4.78 is 18.6. The predicted octanol–water partition coefficient (Wildman–Crippen LogP) is 4.37. The summed E-state index contributed by atoms with van der Waals surface area (Å²) in [5, 5.41) is 2.83. The maximum atomic E-state index is 13.6. The number of aryl methyl sites for hydroxylation is 1. The molecule has 1 N–H and O–H groups in total. The number of rotatable bonds is 5. The van der Waals surface area contributed by atoms with E-state index in [1.807, 2.05) is 19.1 Å². The molecule has 130 valence electrons. The Kier molecular flexibility index (Phi) is 6.31. The van der Waals surface area contributed by atoms with Crippen LogP contribution in [0.1, 0.15) is 18.1 Å². The number of hydrogen-bond donors (Lipinski definition) is 1. The summed E-state index contributed by atoms with van der Waals surface area (Å²) in [7, 11) is 0. The van der Waals surface area contributed by atoms with Gasteiger partial charge in [0.2, 0.25) is 0 Å². The van der Waals surface area contributed by atoms with E-state index in [9.17, 15) is 14.0 Å². The maximum Gasteiger partial charge on any atom is 0.331 e. The highest BCUT2D eigenvalue weighted by molar-refractivity contribution is 6.32.